The van der Waals surface area contributed by atoms with Crippen molar-refractivity contribution in [2.75, 3.05) is 32.6 Å². The maximum absolute atomic E-state index is 11.8. The molecular formula is C16H23N3O. The number of hydrogen-bond acceptors (Lipinski definition) is 3. The molecule has 2 atom stereocenters. The van der Waals surface area contributed by atoms with Crippen molar-refractivity contribution in [3.8, 4) is 0 Å². The van der Waals surface area contributed by atoms with E-state index in [9.17, 15) is 4.79 Å². The molecule has 20 heavy (non-hydrogen) atoms. The van der Waals surface area contributed by atoms with E-state index >= 15 is 0 Å². The van der Waals surface area contributed by atoms with Crippen LogP contribution in [0.15, 0.2) is 18.2 Å². The minimum atomic E-state index is 0.192. The van der Waals surface area contributed by atoms with E-state index in [1.807, 2.05) is 7.05 Å². The fraction of sp³-hybridized carbons (Fsp3) is 0.562. The van der Waals surface area contributed by atoms with Crippen molar-refractivity contribution in [3.63, 3.8) is 0 Å². The number of anilines is 1. The highest BCUT2D eigenvalue weighted by molar-refractivity contribution is 6.00. The van der Waals surface area contributed by atoms with Gasteiger partial charge in [0.05, 0.1) is 6.42 Å². The molecule has 1 fully saturated rings. The number of amides is 1. The zero-order valence-corrected chi connectivity index (χ0v) is 12.5. The lowest BCUT2D eigenvalue weighted by Gasteiger charge is -2.31. The highest BCUT2D eigenvalue weighted by Gasteiger charge is 2.30. The van der Waals surface area contributed by atoms with Crippen LogP contribution in [0.1, 0.15) is 30.0 Å². The number of likely N-dealkylation sites (N-methyl/N-ethyl adjacent to an activating group) is 2. The number of hydrogen-bond donors (Lipinski definition) is 1. The summed E-state index contributed by atoms with van der Waals surface area (Å²) in [7, 11) is 6.13. The van der Waals surface area contributed by atoms with Gasteiger partial charge in [0.1, 0.15) is 0 Å². The smallest absolute Gasteiger partial charge is 0.231 e. The minimum Gasteiger partial charge on any atom is -0.315 e. The van der Waals surface area contributed by atoms with E-state index in [2.05, 4.69) is 42.5 Å². The van der Waals surface area contributed by atoms with Gasteiger partial charge in [-0.3, -0.25) is 4.79 Å². The molecule has 0 radical (unpaired) electrons. The Morgan fingerprint density at radius 3 is 2.85 bits per heavy atom. The van der Waals surface area contributed by atoms with Gasteiger partial charge in [0, 0.05) is 24.8 Å². The van der Waals surface area contributed by atoms with Crippen LogP contribution in [-0.2, 0) is 11.2 Å². The van der Waals surface area contributed by atoms with Crippen molar-refractivity contribution >= 4 is 11.6 Å². The van der Waals surface area contributed by atoms with E-state index < -0.39 is 0 Å². The second kappa shape index (κ2) is 5.19. The molecule has 2 heterocycles. The summed E-state index contributed by atoms with van der Waals surface area (Å²) in [4.78, 5) is 15.8. The Morgan fingerprint density at radius 1 is 1.40 bits per heavy atom. The first-order valence-electron chi connectivity index (χ1n) is 7.37. The van der Waals surface area contributed by atoms with Gasteiger partial charge in [0.2, 0.25) is 5.91 Å². The first-order chi connectivity index (χ1) is 9.58. The second-order valence-electron chi connectivity index (χ2n) is 6.13. The molecule has 2 aliphatic heterocycles. The Balaban J connectivity index is 1.93. The van der Waals surface area contributed by atoms with E-state index in [0.717, 1.165) is 12.2 Å². The van der Waals surface area contributed by atoms with Crippen molar-refractivity contribution in [1.29, 1.82) is 0 Å². The lowest BCUT2D eigenvalue weighted by atomic mass is 9.95. The molecule has 1 aromatic carbocycles. The number of carbonyl (C=O) groups is 1. The second-order valence-corrected chi connectivity index (χ2v) is 6.13. The predicted octanol–water partition coefficient (Wildman–Crippen LogP) is 1.56. The zero-order chi connectivity index (χ0) is 14.3. The summed E-state index contributed by atoms with van der Waals surface area (Å²) >= 11 is 0. The third kappa shape index (κ3) is 2.23. The number of benzene rings is 1. The van der Waals surface area contributed by atoms with Crippen molar-refractivity contribution in [3.05, 3.63) is 29.3 Å². The molecule has 4 nitrogen and oxygen atoms in total. The van der Waals surface area contributed by atoms with Crippen LogP contribution in [0.25, 0.3) is 0 Å². The van der Waals surface area contributed by atoms with Crippen LogP contribution in [0.2, 0.25) is 0 Å². The number of fused-ring (bicyclic) bond motifs is 1. The number of rotatable bonds is 3. The summed E-state index contributed by atoms with van der Waals surface area (Å²) < 4.78 is 0. The molecule has 1 N–H and O–H groups in total. The fourth-order valence-corrected chi connectivity index (χ4v) is 3.55. The lowest BCUT2D eigenvalue weighted by Crippen LogP contribution is -2.37. The maximum atomic E-state index is 11.8. The molecule has 0 aromatic heterocycles. The average Bonchev–Trinajstić information content (AvgIpc) is 3.00. The summed E-state index contributed by atoms with van der Waals surface area (Å²) in [6, 6.07) is 7.39. The molecule has 0 spiro atoms. The first kappa shape index (κ1) is 13.6. The largest absolute Gasteiger partial charge is 0.315 e. The molecule has 0 bridgehead atoms. The van der Waals surface area contributed by atoms with Gasteiger partial charge in [-0.2, -0.15) is 0 Å². The van der Waals surface area contributed by atoms with Crippen molar-refractivity contribution in [2.24, 2.45) is 0 Å². The van der Waals surface area contributed by atoms with Crippen LogP contribution in [-0.4, -0.2) is 44.5 Å². The molecule has 3 rings (SSSR count). The van der Waals surface area contributed by atoms with Gasteiger partial charge in [0.25, 0.3) is 0 Å². The number of carbonyl (C=O) groups excluding carboxylic acids is 1. The van der Waals surface area contributed by atoms with Gasteiger partial charge >= 0.3 is 0 Å². The molecule has 1 amide bonds. The molecule has 2 unspecified atom stereocenters. The van der Waals surface area contributed by atoms with Crippen molar-refractivity contribution < 1.29 is 4.79 Å². The standard InChI is InChI=1S/C16H23N3O/c1-18(2)16(13-5-4-8-17-13)11-6-7-14-12(9-11)10-15(20)19(14)3/h6-7,9,13,16-17H,4-5,8,10H2,1-3H3. The van der Waals surface area contributed by atoms with E-state index in [1.165, 1.54) is 24.0 Å². The highest BCUT2D eigenvalue weighted by atomic mass is 16.2. The quantitative estimate of drug-likeness (QED) is 0.908. The van der Waals surface area contributed by atoms with Gasteiger partial charge in [-0.05, 0) is 50.7 Å². The topological polar surface area (TPSA) is 35.6 Å². The van der Waals surface area contributed by atoms with Crippen LogP contribution in [0, 0.1) is 0 Å². The molecule has 1 saturated heterocycles. The predicted molar refractivity (Wildman–Crippen MR) is 81.0 cm³/mol. The van der Waals surface area contributed by atoms with Crippen LogP contribution in [0.5, 0.6) is 0 Å². The zero-order valence-electron chi connectivity index (χ0n) is 12.5. The highest BCUT2D eigenvalue weighted by Crippen LogP contribution is 2.33. The van der Waals surface area contributed by atoms with E-state index in [-0.39, 0.29) is 5.91 Å². The van der Waals surface area contributed by atoms with Crippen LogP contribution in [0.4, 0.5) is 5.69 Å². The average molecular weight is 273 g/mol. The molecule has 4 heteroatoms. The summed E-state index contributed by atoms with van der Waals surface area (Å²) in [6.45, 7) is 1.11. The van der Waals surface area contributed by atoms with Crippen LogP contribution < -0.4 is 10.2 Å². The molecule has 1 aromatic rings. The Kier molecular flexibility index (Phi) is 3.52. The van der Waals surface area contributed by atoms with E-state index in [0.29, 0.717) is 18.5 Å². The normalized spacial score (nSPS) is 23.5. The third-order valence-electron chi connectivity index (χ3n) is 4.56. The van der Waals surface area contributed by atoms with Crippen molar-refractivity contribution in [1.82, 2.24) is 10.2 Å². The van der Waals surface area contributed by atoms with Gasteiger partial charge in [0.15, 0.2) is 0 Å². The Hall–Kier alpha value is -1.39. The van der Waals surface area contributed by atoms with Gasteiger partial charge in [-0.25, -0.2) is 0 Å². The number of nitrogens with zero attached hydrogens (tertiary/aromatic N) is 2. The van der Waals surface area contributed by atoms with Gasteiger partial charge in [-0.15, -0.1) is 0 Å². The monoisotopic (exact) mass is 273 g/mol. The first-order valence-corrected chi connectivity index (χ1v) is 7.37. The third-order valence-corrected chi connectivity index (χ3v) is 4.56. The molecule has 0 saturated carbocycles. The minimum absolute atomic E-state index is 0.192. The Bertz CT molecular complexity index is 520. The Morgan fingerprint density at radius 2 is 2.20 bits per heavy atom. The Labute approximate surface area is 120 Å². The molecule has 2 aliphatic rings. The van der Waals surface area contributed by atoms with E-state index in [4.69, 9.17) is 0 Å². The van der Waals surface area contributed by atoms with Crippen molar-refractivity contribution in [2.45, 2.75) is 31.3 Å². The summed E-state index contributed by atoms with van der Waals surface area (Å²) in [5, 5.41) is 3.60. The summed E-state index contributed by atoms with van der Waals surface area (Å²) in [5.74, 6) is 0.192. The summed E-state index contributed by atoms with van der Waals surface area (Å²) in [6.07, 6.45) is 3.01. The lowest BCUT2D eigenvalue weighted by molar-refractivity contribution is -0.117. The van der Waals surface area contributed by atoms with Crippen LogP contribution >= 0.6 is 0 Å². The number of nitrogens with one attached hydrogen (secondary N) is 1. The molecular weight excluding hydrogens is 250 g/mol. The van der Waals surface area contributed by atoms with Gasteiger partial charge < -0.3 is 15.1 Å². The van der Waals surface area contributed by atoms with E-state index in [1.54, 1.807) is 4.90 Å². The maximum Gasteiger partial charge on any atom is 0.231 e. The van der Waals surface area contributed by atoms with Gasteiger partial charge in [-0.1, -0.05) is 12.1 Å². The summed E-state index contributed by atoms with van der Waals surface area (Å²) in [5.41, 5.74) is 3.55. The molecule has 0 aliphatic carbocycles. The van der Waals surface area contributed by atoms with Crippen LogP contribution in [0.3, 0.4) is 0 Å². The molecule has 108 valence electrons. The SMILES string of the molecule is CN1C(=O)Cc2cc(C(C3CCCN3)N(C)C)ccc21. The fourth-order valence-electron chi connectivity index (χ4n) is 3.55.